The van der Waals surface area contributed by atoms with Crippen LogP contribution in [-0.2, 0) is 6.42 Å². The normalized spacial score (nSPS) is 15.2. The molecule has 1 aromatic rings. The topological polar surface area (TPSA) is 26.0 Å². The SMILES string of the molecule is Cc1cc(C)cc(CC(N)C(C)C(C)C)c1. The minimum absolute atomic E-state index is 0.265. The van der Waals surface area contributed by atoms with E-state index in [9.17, 15) is 0 Å². The predicted octanol–water partition coefficient (Wildman–Crippen LogP) is 3.47. The highest BCUT2D eigenvalue weighted by Gasteiger charge is 2.16. The summed E-state index contributed by atoms with van der Waals surface area (Å²) in [5.41, 5.74) is 10.3. The van der Waals surface area contributed by atoms with E-state index in [1.165, 1.54) is 16.7 Å². The van der Waals surface area contributed by atoms with Gasteiger partial charge >= 0.3 is 0 Å². The summed E-state index contributed by atoms with van der Waals surface area (Å²) < 4.78 is 0. The Morgan fingerprint density at radius 2 is 1.50 bits per heavy atom. The van der Waals surface area contributed by atoms with Crippen molar-refractivity contribution in [2.75, 3.05) is 0 Å². The molecule has 0 aliphatic rings. The summed E-state index contributed by atoms with van der Waals surface area (Å²) in [5, 5.41) is 0. The van der Waals surface area contributed by atoms with Crippen LogP contribution in [0.25, 0.3) is 0 Å². The molecule has 1 heteroatoms. The summed E-state index contributed by atoms with van der Waals surface area (Å²) in [5.74, 6) is 1.22. The molecule has 2 N–H and O–H groups in total. The summed E-state index contributed by atoms with van der Waals surface area (Å²) in [6.45, 7) is 11.0. The number of rotatable bonds is 4. The molecule has 0 aliphatic carbocycles. The molecule has 2 atom stereocenters. The molecule has 0 heterocycles. The first-order valence-corrected chi connectivity index (χ1v) is 6.23. The van der Waals surface area contributed by atoms with E-state index in [1.807, 2.05) is 0 Å². The first kappa shape index (κ1) is 13.2. The molecule has 1 aromatic carbocycles. The molecule has 0 radical (unpaired) electrons. The van der Waals surface area contributed by atoms with E-state index in [-0.39, 0.29) is 6.04 Å². The smallest absolute Gasteiger partial charge is 0.0108 e. The predicted molar refractivity (Wildman–Crippen MR) is 71.6 cm³/mol. The average molecular weight is 219 g/mol. The second-order valence-corrected chi connectivity index (χ2v) is 5.47. The standard InChI is InChI=1S/C15H25N/c1-10(2)13(5)15(16)9-14-7-11(3)6-12(4)8-14/h6-8,10,13,15H,9,16H2,1-5H3. The van der Waals surface area contributed by atoms with Crippen molar-refractivity contribution in [2.45, 2.75) is 47.1 Å². The van der Waals surface area contributed by atoms with Crippen LogP contribution in [0.4, 0.5) is 0 Å². The second kappa shape index (κ2) is 5.49. The van der Waals surface area contributed by atoms with Crippen LogP contribution < -0.4 is 5.73 Å². The van der Waals surface area contributed by atoms with Gasteiger partial charge < -0.3 is 5.73 Å². The number of nitrogens with two attached hydrogens (primary N) is 1. The maximum Gasteiger partial charge on any atom is 0.0108 e. The average Bonchev–Trinajstić information content (AvgIpc) is 2.14. The molecular formula is C15H25N. The molecule has 0 aliphatic heterocycles. The van der Waals surface area contributed by atoms with E-state index in [0.29, 0.717) is 11.8 Å². The third-order valence-corrected chi connectivity index (χ3v) is 3.48. The monoisotopic (exact) mass is 219 g/mol. The van der Waals surface area contributed by atoms with Gasteiger partial charge in [0.25, 0.3) is 0 Å². The van der Waals surface area contributed by atoms with Gasteiger partial charge in [0.05, 0.1) is 0 Å². The summed E-state index contributed by atoms with van der Waals surface area (Å²) in [6.07, 6.45) is 0.988. The molecular weight excluding hydrogens is 194 g/mol. The minimum Gasteiger partial charge on any atom is -0.327 e. The van der Waals surface area contributed by atoms with Gasteiger partial charge in [0.2, 0.25) is 0 Å². The molecule has 1 rings (SSSR count). The van der Waals surface area contributed by atoms with Crippen LogP contribution >= 0.6 is 0 Å². The summed E-state index contributed by atoms with van der Waals surface area (Å²) in [4.78, 5) is 0. The molecule has 2 unspecified atom stereocenters. The van der Waals surface area contributed by atoms with Crippen molar-refractivity contribution >= 4 is 0 Å². The highest BCUT2D eigenvalue weighted by atomic mass is 14.6. The molecule has 0 aromatic heterocycles. The van der Waals surface area contributed by atoms with Gasteiger partial charge in [0.1, 0.15) is 0 Å². The Labute approximate surface area is 100 Å². The van der Waals surface area contributed by atoms with Crippen LogP contribution in [0, 0.1) is 25.7 Å². The Morgan fingerprint density at radius 1 is 1.00 bits per heavy atom. The van der Waals surface area contributed by atoms with Crippen LogP contribution in [-0.4, -0.2) is 6.04 Å². The summed E-state index contributed by atoms with van der Waals surface area (Å²) in [6, 6.07) is 6.97. The van der Waals surface area contributed by atoms with Gasteiger partial charge in [0, 0.05) is 6.04 Å². The maximum atomic E-state index is 6.25. The molecule has 1 nitrogen and oxygen atoms in total. The summed E-state index contributed by atoms with van der Waals surface area (Å²) >= 11 is 0. The third kappa shape index (κ3) is 3.64. The van der Waals surface area contributed by atoms with E-state index in [0.717, 1.165) is 6.42 Å². The maximum absolute atomic E-state index is 6.25. The van der Waals surface area contributed by atoms with E-state index in [1.54, 1.807) is 0 Å². The molecule has 0 amide bonds. The second-order valence-electron chi connectivity index (χ2n) is 5.47. The number of aryl methyl sites for hydroxylation is 2. The van der Waals surface area contributed by atoms with Crippen LogP contribution in [0.2, 0.25) is 0 Å². The van der Waals surface area contributed by atoms with Crippen molar-refractivity contribution in [1.29, 1.82) is 0 Å². The van der Waals surface area contributed by atoms with Gasteiger partial charge in [-0.3, -0.25) is 0 Å². The molecule has 0 bridgehead atoms. The third-order valence-electron chi connectivity index (χ3n) is 3.48. The fourth-order valence-corrected chi connectivity index (χ4v) is 2.14. The molecule has 0 spiro atoms. The number of benzene rings is 1. The minimum atomic E-state index is 0.265. The zero-order chi connectivity index (χ0) is 12.3. The Balaban J connectivity index is 2.72. The molecule has 0 saturated heterocycles. The number of hydrogen-bond acceptors (Lipinski definition) is 1. The quantitative estimate of drug-likeness (QED) is 0.824. The fraction of sp³-hybridized carbons (Fsp3) is 0.600. The first-order valence-electron chi connectivity index (χ1n) is 6.23. The molecule has 0 saturated carbocycles. The Bertz CT molecular complexity index is 321. The Hall–Kier alpha value is -0.820. The summed E-state index contributed by atoms with van der Waals surface area (Å²) in [7, 11) is 0. The first-order chi connectivity index (χ1) is 7.40. The van der Waals surface area contributed by atoms with Crippen molar-refractivity contribution in [3.63, 3.8) is 0 Å². The Kier molecular flexibility index (Phi) is 4.55. The lowest BCUT2D eigenvalue weighted by Gasteiger charge is -2.23. The fourth-order valence-electron chi connectivity index (χ4n) is 2.14. The van der Waals surface area contributed by atoms with Gasteiger partial charge in [-0.25, -0.2) is 0 Å². The van der Waals surface area contributed by atoms with Crippen molar-refractivity contribution in [2.24, 2.45) is 17.6 Å². The van der Waals surface area contributed by atoms with Gasteiger partial charge in [-0.1, -0.05) is 50.1 Å². The lowest BCUT2D eigenvalue weighted by molar-refractivity contribution is 0.344. The lowest BCUT2D eigenvalue weighted by Crippen LogP contribution is -2.33. The van der Waals surface area contributed by atoms with Crippen molar-refractivity contribution in [3.8, 4) is 0 Å². The van der Waals surface area contributed by atoms with Gasteiger partial charge in [0.15, 0.2) is 0 Å². The van der Waals surface area contributed by atoms with Crippen LogP contribution in [0.15, 0.2) is 18.2 Å². The van der Waals surface area contributed by atoms with Crippen LogP contribution in [0.5, 0.6) is 0 Å². The molecule has 90 valence electrons. The Morgan fingerprint density at radius 3 is 1.94 bits per heavy atom. The molecule has 16 heavy (non-hydrogen) atoms. The van der Waals surface area contributed by atoms with E-state index >= 15 is 0 Å². The van der Waals surface area contributed by atoms with Gasteiger partial charge in [-0.15, -0.1) is 0 Å². The van der Waals surface area contributed by atoms with Crippen molar-refractivity contribution < 1.29 is 0 Å². The molecule has 0 fully saturated rings. The zero-order valence-corrected chi connectivity index (χ0v) is 11.2. The zero-order valence-electron chi connectivity index (χ0n) is 11.2. The van der Waals surface area contributed by atoms with E-state index < -0.39 is 0 Å². The van der Waals surface area contributed by atoms with Crippen molar-refractivity contribution in [3.05, 3.63) is 34.9 Å². The van der Waals surface area contributed by atoms with Gasteiger partial charge in [-0.2, -0.15) is 0 Å². The largest absolute Gasteiger partial charge is 0.327 e. The van der Waals surface area contributed by atoms with E-state index in [2.05, 4.69) is 52.8 Å². The highest BCUT2D eigenvalue weighted by Crippen LogP contribution is 2.18. The number of hydrogen-bond donors (Lipinski definition) is 1. The lowest BCUT2D eigenvalue weighted by atomic mass is 9.87. The van der Waals surface area contributed by atoms with Crippen LogP contribution in [0.3, 0.4) is 0 Å². The van der Waals surface area contributed by atoms with E-state index in [4.69, 9.17) is 5.73 Å². The van der Waals surface area contributed by atoms with Crippen molar-refractivity contribution in [1.82, 2.24) is 0 Å². The van der Waals surface area contributed by atoms with Crippen LogP contribution in [0.1, 0.15) is 37.5 Å². The van der Waals surface area contributed by atoms with Gasteiger partial charge in [-0.05, 0) is 37.7 Å². The highest BCUT2D eigenvalue weighted by molar-refractivity contribution is 5.29.